The lowest BCUT2D eigenvalue weighted by Gasteiger charge is -2.22. The number of anilines is 1. The summed E-state index contributed by atoms with van der Waals surface area (Å²) in [6.45, 7) is 3.73. The van der Waals surface area contributed by atoms with E-state index in [1.165, 1.54) is 11.5 Å². The Labute approximate surface area is 157 Å². The maximum Gasteiger partial charge on any atom is 0.242 e. The number of unbranched alkanes of at least 4 members (excludes halogenated alkanes) is 1. The largest absolute Gasteiger partial charge is 0.354 e. The Hall–Kier alpha value is -1.66. The lowest BCUT2D eigenvalue weighted by Crippen LogP contribution is -2.43. The number of hydrogen-bond acceptors (Lipinski definition) is 5. The molecule has 0 saturated carbocycles. The molecule has 134 valence electrons. The highest BCUT2D eigenvalue weighted by atomic mass is 35.5. The van der Waals surface area contributed by atoms with Gasteiger partial charge in [-0.15, -0.1) is 0 Å². The van der Waals surface area contributed by atoms with Gasteiger partial charge in [-0.2, -0.15) is 4.37 Å². The molecule has 0 bridgehead atoms. The summed E-state index contributed by atoms with van der Waals surface area (Å²) in [5.41, 5.74) is 1.13. The van der Waals surface area contributed by atoms with Crippen molar-refractivity contribution in [1.82, 2.24) is 14.7 Å². The second-order valence-corrected chi connectivity index (χ2v) is 7.46. The van der Waals surface area contributed by atoms with E-state index >= 15 is 0 Å². The van der Waals surface area contributed by atoms with Crippen molar-refractivity contribution < 1.29 is 4.79 Å². The second-order valence-electron chi connectivity index (χ2n) is 6.29. The molecule has 1 fully saturated rings. The number of carbonyl (C=O) groups excluding carboxylic acids is 1. The average Bonchev–Trinajstić information content (AvgIpc) is 3.26. The summed E-state index contributed by atoms with van der Waals surface area (Å²) in [6, 6.07) is 7.61. The molecule has 2 aromatic rings. The summed E-state index contributed by atoms with van der Waals surface area (Å²) in [4.78, 5) is 19.2. The third kappa shape index (κ3) is 4.70. The Morgan fingerprint density at radius 2 is 2.20 bits per heavy atom. The van der Waals surface area contributed by atoms with Crippen LogP contribution in [0.15, 0.2) is 24.3 Å². The van der Waals surface area contributed by atoms with Crippen LogP contribution in [0, 0.1) is 0 Å². The number of carbonyl (C=O) groups is 1. The third-order valence-electron chi connectivity index (χ3n) is 4.36. The Bertz CT molecular complexity index is 703. The van der Waals surface area contributed by atoms with Crippen LogP contribution in [0.5, 0.6) is 0 Å². The van der Waals surface area contributed by atoms with Crippen LogP contribution < -0.4 is 10.2 Å². The molecule has 3 rings (SSSR count). The first kappa shape index (κ1) is 18.1. The molecule has 1 aliphatic heterocycles. The van der Waals surface area contributed by atoms with E-state index in [0.29, 0.717) is 6.42 Å². The van der Waals surface area contributed by atoms with Crippen LogP contribution in [0.25, 0.3) is 0 Å². The average molecular weight is 379 g/mol. The van der Waals surface area contributed by atoms with Crippen LogP contribution in [-0.4, -0.2) is 34.4 Å². The first-order valence-electron chi connectivity index (χ1n) is 8.78. The maximum absolute atomic E-state index is 12.4. The normalized spacial score (nSPS) is 17.0. The van der Waals surface area contributed by atoms with Gasteiger partial charge < -0.3 is 10.2 Å². The van der Waals surface area contributed by atoms with Crippen molar-refractivity contribution in [3.05, 3.63) is 40.7 Å². The summed E-state index contributed by atoms with van der Waals surface area (Å²) in [7, 11) is 0. The molecular formula is C18H23ClN4OS. The van der Waals surface area contributed by atoms with Crippen molar-refractivity contribution in [3.63, 3.8) is 0 Å². The van der Waals surface area contributed by atoms with Gasteiger partial charge in [0.15, 0.2) is 0 Å². The minimum absolute atomic E-state index is 0.111. The minimum atomic E-state index is -0.117. The smallest absolute Gasteiger partial charge is 0.242 e. The van der Waals surface area contributed by atoms with Gasteiger partial charge in [0.1, 0.15) is 11.9 Å². The summed E-state index contributed by atoms with van der Waals surface area (Å²) in [6.07, 6.45) is 4.67. The standard InChI is InChI=1S/C18H23ClN4OS/c1-2-3-10-20-17(24)15-5-4-11-23(15)18-21-16(22-25-18)12-13-6-8-14(19)9-7-13/h6-9,15H,2-5,10-12H2,1H3,(H,20,24)/t15-/m1/s1. The van der Waals surface area contributed by atoms with Crippen molar-refractivity contribution in [1.29, 1.82) is 0 Å². The monoisotopic (exact) mass is 378 g/mol. The molecule has 0 unspecified atom stereocenters. The molecule has 1 aromatic carbocycles. The molecule has 1 atom stereocenters. The van der Waals surface area contributed by atoms with E-state index in [0.717, 1.165) is 60.3 Å². The number of amides is 1. The third-order valence-corrected chi connectivity index (χ3v) is 5.41. The predicted molar refractivity (Wildman–Crippen MR) is 102 cm³/mol. The molecule has 1 amide bonds. The number of rotatable bonds is 7. The molecule has 5 nitrogen and oxygen atoms in total. The molecule has 1 aromatic heterocycles. The van der Waals surface area contributed by atoms with Crippen molar-refractivity contribution in [2.45, 2.75) is 45.1 Å². The van der Waals surface area contributed by atoms with Gasteiger partial charge in [-0.25, -0.2) is 4.98 Å². The Morgan fingerprint density at radius 3 is 2.96 bits per heavy atom. The number of benzene rings is 1. The summed E-state index contributed by atoms with van der Waals surface area (Å²) in [5.74, 6) is 0.903. The number of nitrogens with zero attached hydrogens (tertiary/aromatic N) is 3. The van der Waals surface area contributed by atoms with Crippen LogP contribution in [0.4, 0.5) is 5.13 Å². The zero-order chi connectivity index (χ0) is 17.6. The van der Waals surface area contributed by atoms with E-state index in [2.05, 4.69) is 26.5 Å². The Balaban J connectivity index is 1.64. The Kier molecular flexibility index (Phi) is 6.26. The molecule has 7 heteroatoms. The first-order valence-corrected chi connectivity index (χ1v) is 9.94. The van der Waals surface area contributed by atoms with E-state index in [1.54, 1.807) is 0 Å². The van der Waals surface area contributed by atoms with Crippen LogP contribution in [0.2, 0.25) is 5.02 Å². The van der Waals surface area contributed by atoms with Crippen molar-refractivity contribution in [3.8, 4) is 0 Å². The van der Waals surface area contributed by atoms with E-state index in [1.807, 2.05) is 24.3 Å². The molecule has 0 aliphatic carbocycles. The van der Waals surface area contributed by atoms with Crippen LogP contribution in [0.1, 0.15) is 44.0 Å². The molecular weight excluding hydrogens is 356 g/mol. The van der Waals surface area contributed by atoms with Crippen LogP contribution in [0.3, 0.4) is 0 Å². The van der Waals surface area contributed by atoms with Crippen molar-refractivity contribution in [2.24, 2.45) is 0 Å². The summed E-state index contributed by atoms with van der Waals surface area (Å²) in [5, 5.41) is 4.61. The van der Waals surface area contributed by atoms with Gasteiger partial charge in [-0.05, 0) is 37.0 Å². The van der Waals surface area contributed by atoms with Crippen molar-refractivity contribution >= 4 is 34.2 Å². The van der Waals surface area contributed by atoms with Crippen LogP contribution in [-0.2, 0) is 11.2 Å². The lowest BCUT2D eigenvalue weighted by molar-refractivity contribution is -0.122. The van der Waals surface area contributed by atoms with Gasteiger partial charge in [-0.3, -0.25) is 4.79 Å². The SMILES string of the molecule is CCCCNC(=O)[C@H]1CCCN1c1nc(Cc2ccc(Cl)cc2)ns1. The fourth-order valence-electron chi connectivity index (χ4n) is 2.99. The van der Waals surface area contributed by atoms with Crippen molar-refractivity contribution in [2.75, 3.05) is 18.0 Å². The number of hydrogen-bond donors (Lipinski definition) is 1. The highest BCUT2D eigenvalue weighted by Crippen LogP contribution is 2.27. The summed E-state index contributed by atoms with van der Waals surface area (Å²) < 4.78 is 4.47. The molecule has 0 radical (unpaired) electrons. The molecule has 0 spiro atoms. The van der Waals surface area contributed by atoms with E-state index in [-0.39, 0.29) is 11.9 Å². The van der Waals surface area contributed by atoms with Gasteiger partial charge in [0.05, 0.1) is 0 Å². The van der Waals surface area contributed by atoms with E-state index < -0.39 is 0 Å². The predicted octanol–water partition coefficient (Wildman–Crippen LogP) is 3.67. The molecule has 25 heavy (non-hydrogen) atoms. The number of aromatic nitrogens is 2. The quantitative estimate of drug-likeness (QED) is 0.747. The van der Waals surface area contributed by atoms with Gasteiger partial charge in [0.2, 0.25) is 11.0 Å². The molecule has 2 heterocycles. The van der Waals surface area contributed by atoms with E-state index in [9.17, 15) is 4.79 Å². The lowest BCUT2D eigenvalue weighted by atomic mass is 10.1. The van der Waals surface area contributed by atoms with Crippen LogP contribution >= 0.6 is 23.1 Å². The van der Waals surface area contributed by atoms with Gasteiger partial charge in [-0.1, -0.05) is 37.1 Å². The van der Waals surface area contributed by atoms with E-state index in [4.69, 9.17) is 11.6 Å². The molecule has 1 aliphatic rings. The highest BCUT2D eigenvalue weighted by molar-refractivity contribution is 7.09. The number of nitrogens with one attached hydrogen (secondary N) is 1. The fraction of sp³-hybridized carbons (Fsp3) is 0.500. The fourth-order valence-corrected chi connectivity index (χ4v) is 3.88. The topological polar surface area (TPSA) is 58.1 Å². The second kappa shape index (κ2) is 8.63. The molecule has 1 N–H and O–H groups in total. The molecule has 1 saturated heterocycles. The zero-order valence-electron chi connectivity index (χ0n) is 14.4. The van der Waals surface area contributed by atoms with Gasteiger partial charge in [0, 0.05) is 36.1 Å². The van der Waals surface area contributed by atoms with Gasteiger partial charge >= 0.3 is 0 Å². The highest BCUT2D eigenvalue weighted by Gasteiger charge is 2.32. The van der Waals surface area contributed by atoms with Gasteiger partial charge in [0.25, 0.3) is 0 Å². The number of halogens is 1. The Morgan fingerprint density at radius 1 is 1.40 bits per heavy atom. The summed E-state index contributed by atoms with van der Waals surface area (Å²) >= 11 is 7.30. The minimum Gasteiger partial charge on any atom is -0.354 e. The first-order chi connectivity index (χ1) is 12.2. The zero-order valence-corrected chi connectivity index (χ0v) is 15.9. The maximum atomic E-state index is 12.4.